The zero-order valence-corrected chi connectivity index (χ0v) is 11.7. The van der Waals surface area contributed by atoms with E-state index in [0.717, 1.165) is 10.9 Å². The molecule has 0 unspecified atom stereocenters. The molecule has 10 heteroatoms. The van der Waals surface area contributed by atoms with Crippen LogP contribution in [0.25, 0.3) is 27.9 Å². The number of aromatic nitrogens is 8. The second-order valence-corrected chi connectivity index (χ2v) is 4.47. The van der Waals surface area contributed by atoms with Crippen LogP contribution >= 0.6 is 0 Å². The quantitative estimate of drug-likeness (QED) is 0.580. The van der Waals surface area contributed by atoms with E-state index in [9.17, 15) is 0 Å². The maximum atomic E-state index is 5.33. The normalized spacial score (nSPS) is 11.2. The lowest BCUT2D eigenvalue weighted by Crippen LogP contribution is -1.97. The van der Waals surface area contributed by atoms with Crippen molar-refractivity contribution >= 4 is 16.6 Å². The SMILES string of the molecule is COc1cc2cc(-c3nn[nH]n3)c3nnnn3c2cc1OC. The lowest BCUT2D eigenvalue weighted by atomic mass is 10.1. The van der Waals surface area contributed by atoms with Gasteiger partial charge in [-0.2, -0.15) is 9.73 Å². The summed E-state index contributed by atoms with van der Waals surface area (Å²) in [5, 5.41) is 26.6. The molecule has 0 aliphatic heterocycles. The van der Waals surface area contributed by atoms with Crippen LogP contribution in [0.15, 0.2) is 18.2 Å². The number of rotatable bonds is 3. The molecule has 10 nitrogen and oxygen atoms in total. The van der Waals surface area contributed by atoms with Gasteiger partial charge in [-0.3, -0.25) is 0 Å². The number of pyridine rings is 1. The number of H-pyrrole nitrogens is 1. The van der Waals surface area contributed by atoms with E-state index in [4.69, 9.17) is 9.47 Å². The zero-order valence-electron chi connectivity index (χ0n) is 11.7. The molecule has 22 heavy (non-hydrogen) atoms. The molecule has 0 amide bonds. The first-order valence-electron chi connectivity index (χ1n) is 6.32. The van der Waals surface area contributed by atoms with Gasteiger partial charge in [-0.05, 0) is 27.8 Å². The molecule has 1 N–H and O–H groups in total. The molecule has 0 radical (unpaired) electrons. The van der Waals surface area contributed by atoms with Crippen LogP contribution in [0.2, 0.25) is 0 Å². The second-order valence-electron chi connectivity index (χ2n) is 4.47. The predicted octanol–water partition coefficient (Wildman–Crippen LogP) is 0.475. The van der Waals surface area contributed by atoms with Gasteiger partial charge in [0.05, 0.1) is 25.3 Å². The highest BCUT2D eigenvalue weighted by Crippen LogP contribution is 2.34. The number of benzene rings is 1. The summed E-state index contributed by atoms with van der Waals surface area (Å²) in [6.07, 6.45) is 0. The Kier molecular flexibility index (Phi) is 2.61. The Hall–Kier alpha value is -3.30. The molecule has 0 aliphatic rings. The maximum absolute atomic E-state index is 5.33. The van der Waals surface area contributed by atoms with Gasteiger partial charge in [0.1, 0.15) is 0 Å². The number of hydrogen-bond acceptors (Lipinski definition) is 8. The zero-order chi connectivity index (χ0) is 15.1. The first-order valence-corrected chi connectivity index (χ1v) is 6.32. The van der Waals surface area contributed by atoms with Crippen molar-refractivity contribution in [1.29, 1.82) is 0 Å². The van der Waals surface area contributed by atoms with E-state index in [1.165, 1.54) is 0 Å². The van der Waals surface area contributed by atoms with Crippen molar-refractivity contribution < 1.29 is 9.47 Å². The Balaban J connectivity index is 2.12. The minimum Gasteiger partial charge on any atom is -0.493 e. The highest BCUT2D eigenvalue weighted by atomic mass is 16.5. The third-order valence-electron chi connectivity index (χ3n) is 3.36. The minimum absolute atomic E-state index is 0.413. The Morgan fingerprint density at radius 1 is 1.05 bits per heavy atom. The average Bonchev–Trinajstić information content (AvgIpc) is 3.24. The monoisotopic (exact) mass is 298 g/mol. The number of fused-ring (bicyclic) bond motifs is 3. The highest BCUT2D eigenvalue weighted by Gasteiger charge is 2.17. The number of hydrogen-bond donors (Lipinski definition) is 1. The third kappa shape index (κ3) is 1.67. The highest BCUT2D eigenvalue weighted by molar-refractivity contribution is 5.91. The molecule has 3 aromatic heterocycles. The van der Waals surface area contributed by atoms with Crippen LogP contribution in [0.5, 0.6) is 11.5 Å². The van der Waals surface area contributed by atoms with E-state index < -0.39 is 0 Å². The van der Waals surface area contributed by atoms with Gasteiger partial charge in [0.25, 0.3) is 0 Å². The van der Waals surface area contributed by atoms with E-state index in [2.05, 4.69) is 36.1 Å². The molecule has 4 aromatic rings. The molecule has 110 valence electrons. The summed E-state index contributed by atoms with van der Waals surface area (Å²) in [6, 6.07) is 5.55. The molecule has 0 atom stereocenters. The first-order chi connectivity index (χ1) is 10.8. The Bertz CT molecular complexity index is 962. The van der Waals surface area contributed by atoms with Gasteiger partial charge in [-0.25, -0.2) is 0 Å². The standard InChI is InChI=1S/C12H10N8O2/c1-21-9-4-6-3-7(11-13-16-17-14-11)12-15-18-19-20(12)8(6)5-10(9)22-2/h3-5H,1-2H3,(H,13,14,16,17). The summed E-state index contributed by atoms with van der Waals surface area (Å²) >= 11 is 0. The van der Waals surface area contributed by atoms with Crippen molar-refractivity contribution in [3.8, 4) is 22.9 Å². The van der Waals surface area contributed by atoms with Crippen LogP contribution < -0.4 is 9.47 Å². The summed E-state index contributed by atoms with van der Waals surface area (Å²) in [7, 11) is 3.16. The predicted molar refractivity (Wildman–Crippen MR) is 74.6 cm³/mol. The van der Waals surface area contributed by atoms with Gasteiger partial charge in [0.15, 0.2) is 17.1 Å². The van der Waals surface area contributed by atoms with Crippen molar-refractivity contribution in [2.45, 2.75) is 0 Å². The number of nitrogens with one attached hydrogen (secondary N) is 1. The smallest absolute Gasteiger partial charge is 0.208 e. The fraction of sp³-hybridized carbons (Fsp3) is 0.167. The fourth-order valence-corrected chi connectivity index (χ4v) is 2.36. The molecular formula is C12H10N8O2. The Morgan fingerprint density at radius 3 is 2.59 bits per heavy atom. The van der Waals surface area contributed by atoms with Gasteiger partial charge in [0, 0.05) is 11.5 Å². The van der Waals surface area contributed by atoms with Gasteiger partial charge >= 0.3 is 0 Å². The number of aromatic amines is 1. The van der Waals surface area contributed by atoms with E-state index >= 15 is 0 Å². The lowest BCUT2D eigenvalue weighted by molar-refractivity contribution is 0.355. The van der Waals surface area contributed by atoms with Gasteiger partial charge < -0.3 is 9.47 Å². The third-order valence-corrected chi connectivity index (χ3v) is 3.36. The Labute approximate surface area is 123 Å². The van der Waals surface area contributed by atoms with Gasteiger partial charge in [-0.1, -0.05) is 0 Å². The maximum Gasteiger partial charge on any atom is 0.208 e. The van der Waals surface area contributed by atoms with Crippen molar-refractivity contribution in [3.05, 3.63) is 18.2 Å². The van der Waals surface area contributed by atoms with E-state index in [1.54, 1.807) is 18.7 Å². The van der Waals surface area contributed by atoms with E-state index in [0.29, 0.717) is 28.5 Å². The molecule has 0 aliphatic carbocycles. The summed E-state index contributed by atoms with van der Waals surface area (Å²) in [5.41, 5.74) is 1.98. The number of ether oxygens (including phenoxy) is 2. The molecule has 0 saturated carbocycles. The van der Waals surface area contributed by atoms with E-state index in [-0.39, 0.29) is 0 Å². The van der Waals surface area contributed by atoms with Crippen LogP contribution in [0, 0.1) is 0 Å². The molecule has 0 spiro atoms. The van der Waals surface area contributed by atoms with Gasteiger partial charge in [-0.15, -0.1) is 15.3 Å². The van der Waals surface area contributed by atoms with Crippen LogP contribution in [-0.4, -0.2) is 54.9 Å². The molecule has 0 fully saturated rings. The average molecular weight is 298 g/mol. The molecule has 4 rings (SSSR count). The molecular weight excluding hydrogens is 288 g/mol. The molecule has 0 saturated heterocycles. The van der Waals surface area contributed by atoms with Crippen molar-refractivity contribution in [3.63, 3.8) is 0 Å². The number of tetrazole rings is 2. The van der Waals surface area contributed by atoms with E-state index in [1.807, 2.05) is 18.2 Å². The largest absolute Gasteiger partial charge is 0.493 e. The molecule has 1 aromatic carbocycles. The van der Waals surface area contributed by atoms with Crippen LogP contribution in [0.4, 0.5) is 0 Å². The molecule has 0 bridgehead atoms. The summed E-state index contributed by atoms with van der Waals surface area (Å²) in [4.78, 5) is 0. The van der Waals surface area contributed by atoms with Gasteiger partial charge in [0.2, 0.25) is 5.82 Å². The fourth-order valence-electron chi connectivity index (χ4n) is 2.36. The summed E-state index contributed by atoms with van der Waals surface area (Å²) in [6.45, 7) is 0. The summed E-state index contributed by atoms with van der Waals surface area (Å²) in [5.74, 6) is 1.62. The first kappa shape index (κ1) is 12.4. The second kappa shape index (κ2) is 4.62. The number of nitrogens with zero attached hydrogens (tertiary/aromatic N) is 7. The van der Waals surface area contributed by atoms with Crippen LogP contribution in [-0.2, 0) is 0 Å². The number of methoxy groups -OCH3 is 2. The van der Waals surface area contributed by atoms with Crippen LogP contribution in [0.3, 0.4) is 0 Å². The van der Waals surface area contributed by atoms with Crippen LogP contribution in [0.1, 0.15) is 0 Å². The minimum atomic E-state index is 0.413. The topological polar surface area (TPSA) is 116 Å². The lowest BCUT2D eigenvalue weighted by Gasteiger charge is -2.10. The van der Waals surface area contributed by atoms with Crippen molar-refractivity contribution in [2.75, 3.05) is 14.2 Å². The molecule has 3 heterocycles. The Morgan fingerprint density at radius 2 is 1.86 bits per heavy atom. The van der Waals surface area contributed by atoms with Crippen molar-refractivity contribution in [2.24, 2.45) is 0 Å². The van der Waals surface area contributed by atoms with Crippen molar-refractivity contribution in [1.82, 2.24) is 40.7 Å². The summed E-state index contributed by atoms with van der Waals surface area (Å²) < 4.78 is 12.3.